The summed E-state index contributed by atoms with van der Waals surface area (Å²) in [6, 6.07) is 11.0. The number of anilines is 1. The van der Waals surface area contributed by atoms with Crippen molar-refractivity contribution in [1.29, 1.82) is 0 Å². The molecular formula is C16H14ClNO2. The Kier molecular flexibility index (Phi) is 3.24. The number of rotatable bonds is 2. The first-order valence-electron chi connectivity index (χ1n) is 6.41. The summed E-state index contributed by atoms with van der Waals surface area (Å²) >= 11 is 5.93. The van der Waals surface area contributed by atoms with E-state index in [2.05, 4.69) is 5.32 Å². The summed E-state index contributed by atoms with van der Waals surface area (Å²) in [5.74, 6) is -0.00527. The monoisotopic (exact) mass is 287 g/mol. The maximum Gasteiger partial charge on any atom is 0.228 e. The van der Waals surface area contributed by atoms with Crippen molar-refractivity contribution in [3.8, 4) is 0 Å². The Hall–Kier alpha value is -1.84. The number of carbonyl (C=O) groups is 1. The van der Waals surface area contributed by atoms with Crippen LogP contribution >= 0.6 is 11.6 Å². The number of hydrogen-bond donors (Lipinski definition) is 2. The van der Waals surface area contributed by atoms with Gasteiger partial charge in [0.15, 0.2) is 0 Å². The molecule has 0 saturated heterocycles. The lowest BCUT2D eigenvalue weighted by atomic mass is 9.96. The zero-order chi connectivity index (χ0) is 14.3. The van der Waals surface area contributed by atoms with Crippen LogP contribution in [0, 0.1) is 6.92 Å². The normalized spacial score (nSPS) is 14.8. The van der Waals surface area contributed by atoms with Crippen molar-refractivity contribution < 1.29 is 9.90 Å². The van der Waals surface area contributed by atoms with Crippen molar-refractivity contribution in [1.82, 2.24) is 0 Å². The van der Waals surface area contributed by atoms with Crippen LogP contribution in [0.2, 0.25) is 5.02 Å². The van der Waals surface area contributed by atoms with Gasteiger partial charge >= 0.3 is 0 Å². The van der Waals surface area contributed by atoms with Crippen molar-refractivity contribution in [3.05, 3.63) is 63.7 Å². The van der Waals surface area contributed by atoms with Gasteiger partial charge in [-0.15, -0.1) is 0 Å². The zero-order valence-electron chi connectivity index (χ0n) is 11.0. The first-order chi connectivity index (χ1) is 9.54. The van der Waals surface area contributed by atoms with Gasteiger partial charge in [-0.3, -0.25) is 4.79 Å². The number of nitrogens with one attached hydrogen (secondary N) is 1. The predicted molar refractivity (Wildman–Crippen MR) is 79.0 cm³/mol. The Balaban J connectivity index is 1.97. The van der Waals surface area contributed by atoms with Crippen LogP contribution in [0.5, 0.6) is 0 Å². The van der Waals surface area contributed by atoms with E-state index in [0.29, 0.717) is 11.4 Å². The molecule has 20 heavy (non-hydrogen) atoms. The van der Waals surface area contributed by atoms with Crippen molar-refractivity contribution in [2.75, 3.05) is 5.32 Å². The Morgan fingerprint density at radius 2 is 2.05 bits per heavy atom. The van der Waals surface area contributed by atoms with Crippen molar-refractivity contribution in [2.24, 2.45) is 0 Å². The van der Waals surface area contributed by atoms with Crippen molar-refractivity contribution >= 4 is 23.2 Å². The minimum absolute atomic E-state index is 0.00527. The third-order valence-electron chi connectivity index (χ3n) is 3.60. The number of halogens is 1. The summed E-state index contributed by atoms with van der Waals surface area (Å²) < 4.78 is 0. The fourth-order valence-electron chi connectivity index (χ4n) is 2.54. The van der Waals surface area contributed by atoms with Gasteiger partial charge < -0.3 is 10.4 Å². The summed E-state index contributed by atoms with van der Waals surface area (Å²) in [5.41, 5.74) is 4.31. The van der Waals surface area contributed by atoms with Crippen LogP contribution in [-0.2, 0) is 11.2 Å². The molecule has 0 fully saturated rings. The van der Waals surface area contributed by atoms with Gasteiger partial charge in [-0.25, -0.2) is 0 Å². The highest BCUT2D eigenvalue weighted by atomic mass is 35.5. The lowest BCUT2D eigenvalue weighted by molar-refractivity contribution is -0.115. The molecule has 1 amide bonds. The highest BCUT2D eigenvalue weighted by molar-refractivity contribution is 6.30. The summed E-state index contributed by atoms with van der Waals surface area (Å²) in [5, 5.41) is 14.0. The second-order valence-corrected chi connectivity index (χ2v) is 5.48. The molecular weight excluding hydrogens is 274 g/mol. The second kappa shape index (κ2) is 4.93. The molecule has 1 aliphatic heterocycles. The Bertz CT molecular complexity index is 697. The first kappa shape index (κ1) is 13.2. The smallest absolute Gasteiger partial charge is 0.228 e. The summed E-state index contributed by atoms with van der Waals surface area (Å²) in [6.45, 7) is 1.92. The van der Waals surface area contributed by atoms with Gasteiger partial charge in [0.2, 0.25) is 5.91 Å². The lowest BCUT2D eigenvalue weighted by Gasteiger charge is -2.15. The molecule has 2 aromatic carbocycles. The average molecular weight is 288 g/mol. The molecule has 1 atom stereocenters. The molecule has 0 aromatic heterocycles. The molecule has 102 valence electrons. The fourth-order valence-corrected chi connectivity index (χ4v) is 2.77. The maximum atomic E-state index is 11.4. The predicted octanol–water partition coefficient (Wildman–Crippen LogP) is 3.22. The average Bonchev–Trinajstić information content (AvgIpc) is 2.77. The molecule has 1 heterocycles. The third kappa shape index (κ3) is 2.30. The molecule has 0 spiro atoms. The van der Waals surface area contributed by atoms with Crippen LogP contribution < -0.4 is 5.32 Å². The number of aryl methyl sites for hydroxylation is 1. The number of fused-ring (bicyclic) bond motifs is 1. The topological polar surface area (TPSA) is 49.3 Å². The summed E-state index contributed by atoms with van der Waals surface area (Å²) in [7, 11) is 0. The van der Waals surface area contributed by atoms with E-state index in [-0.39, 0.29) is 5.91 Å². The van der Waals surface area contributed by atoms with Gasteiger partial charge in [0.25, 0.3) is 0 Å². The van der Waals surface area contributed by atoms with Crippen LogP contribution in [0.1, 0.15) is 28.4 Å². The zero-order valence-corrected chi connectivity index (χ0v) is 11.7. The van der Waals surface area contributed by atoms with Gasteiger partial charge in [0.1, 0.15) is 6.10 Å². The SMILES string of the molecule is Cc1cc(Cl)ccc1C(O)c1ccc2c(c1)CC(=O)N2. The number of hydrogen-bond acceptors (Lipinski definition) is 2. The van der Waals surface area contributed by atoms with Crippen LogP contribution in [0.3, 0.4) is 0 Å². The van der Waals surface area contributed by atoms with E-state index < -0.39 is 6.10 Å². The van der Waals surface area contributed by atoms with E-state index in [9.17, 15) is 9.90 Å². The van der Waals surface area contributed by atoms with E-state index in [1.54, 1.807) is 6.07 Å². The number of benzene rings is 2. The Morgan fingerprint density at radius 1 is 1.25 bits per heavy atom. The largest absolute Gasteiger partial charge is 0.384 e. The second-order valence-electron chi connectivity index (χ2n) is 5.04. The number of carbonyl (C=O) groups excluding carboxylic acids is 1. The summed E-state index contributed by atoms with van der Waals surface area (Å²) in [6.07, 6.45) is -0.344. The molecule has 4 heteroatoms. The molecule has 0 saturated carbocycles. The number of aliphatic hydroxyl groups is 1. The number of aliphatic hydroxyl groups excluding tert-OH is 1. The lowest BCUT2D eigenvalue weighted by Crippen LogP contribution is -2.03. The molecule has 2 N–H and O–H groups in total. The van der Waals surface area contributed by atoms with Gasteiger partial charge in [0.05, 0.1) is 6.42 Å². The molecule has 0 radical (unpaired) electrons. The van der Waals surface area contributed by atoms with Crippen LogP contribution in [-0.4, -0.2) is 11.0 Å². The Morgan fingerprint density at radius 3 is 2.80 bits per heavy atom. The fraction of sp³-hybridized carbons (Fsp3) is 0.188. The highest BCUT2D eigenvalue weighted by Crippen LogP contribution is 2.31. The van der Waals surface area contributed by atoms with E-state index in [1.807, 2.05) is 37.3 Å². The molecule has 0 bridgehead atoms. The van der Waals surface area contributed by atoms with Crippen LogP contribution in [0.4, 0.5) is 5.69 Å². The quantitative estimate of drug-likeness (QED) is 0.891. The first-order valence-corrected chi connectivity index (χ1v) is 6.79. The van der Waals surface area contributed by atoms with Gasteiger partial charge in [-0.05, 0) is 47.4 Å². The molecule has 0 aliphatic carbocycles. The van der Waals surface area contributed by atoms with Gasteiger partial charge in [0, 0.05) is 10.7 Å². The molecule has 1 aliphatic rings. The third-order valence-corrected chi connectivity index (χ3v) is 3.83. The maximum absolute atomic E-state index is 11.4. The van der Waals surface area contributed by atoms with E-state index in [1.165, 1.54) is 0 Å². The van der Waals surface area contributed by atoms with E-state index in [0.717, 1.165) is 27.9 Å². The van der Waals surface area contributed by atoms with Crippen molar-refractivity contribution in [2.45, 2.75) is 19.4 Å². The highest BCUT2D eigenvalue weighted by Gasteiger charge is 2.20. The van der Waals surface area contributed by atoms with Crippen LogP contribution in [0.25, 0.3) is 0 Å². The van der Waals surface area contributed by atoms with Gasteiger partial charge in [-0.1, -0.05) is 29.8 Å². The van der Waals surface area contributed by atoms with E-state index in [4.69, 9.17) is 11.6 Å². The molecule has 1 unspecified atom stereocenters. The molecule has 3 rings (SSSR count). The molecule has 2 aromatic rings. The molecule has 3 nitrogen and oxygen atoms in total. The Labute approximate surface area is 122 Å². The van der Waals surface area contributed by atoms with Crippen LogP contribution in [0.15, 0.2) is 36.4 Å². The number of amides is 1. The summed E-state index contributed by atoms with van der Waals surface area (Å²) in [4.78, 5) is 11.4. The minimum atomic E-state index is -0.715. The van der Waals surface area contributed by atoms with E-state index >= 15 is 0 Å². The van der Waals surface area contributed by atoms with Gasteiger partial charge in [-0.2, -0.15) is 0 Å². The minimum Gasteiger partial charge on any atom is -0.384 e. The van der Waals surface area contributed by atoms with Crippen molar-refractivity contribution in [3.63, 3.8) is 0 Å². The standard InChI is InChI=1S/C16H14ClNO2/c1-9-6-12(17)3-4-13(9)16(20)10-2-5-14-11(7-10)8-15(19)18-14/h2-7,16,20H,8H2,1H3,(H,18,19).